The van der Waals surface area contributed by atoms with Crippen LogP contribution in [0.3, 0.4) is 0 Å². The summed E-state index contributed by atoms with van der Waals surface area (Å²) < 4.78 is 22.5. The summed E-state index contributed by atoms with van der Waals surface area (Å²) in [5.74, 6) is 1.66. The number of hydrogen-bond acceptors (Lipinski definition) is 7. The molecule has 0 radical (unpaired) electrons. The Hall–Kier alpha value is -4.53. The summed E-state index contributed by atoms with van der Waals surface area (Å²) in [5.41, 5.74) is 2.99. The van der Waals surface area contributed by atoms with E-state index in [0.29, 0.717) is 31.1 Å². The Labute approximate surface area is 253 Å². The van der Waals surface area contributed by atoms with Crippen LogP contribution in [0, 0.1) is 0 Å². The fourth-order valence-corrected chi connectivity index (χ4v) is 4.70. The molecule has 228 valence electrons. The summed E-state index contributed by atoms with van der Waals surface area (Å²) >= 11 is 0. The van der Waals surface area contributed by atoms with E-state index in [4.69, 9.17) is 24.0 Å². The zero-order valence-electron chi connectivity index (χ0n) is 25.6. The first-order chi connectivity index (χ1) is 20.6. The van der Waals surface area contributed by atoms with Crippen LogP contribution in [0.5, 0.6) is 17.2 Å². The summed E-state index contributed by atoms with van der Waals surface area (Å²) in [7, 11) is 1.60. The SMILES string of the molecule is CCOc1cc(C2=NN(C(=O)[C@H](Cc3ccc(OC(C)(C)C)cc3)NC(=O)OCc3ccccc3)CCC2)ccc1OC. The number of benzene rings is 3. The highest BCUT2D eigenvalue weighted by atomic mass is 16.5. The Bertz CT molecular complexity index is 1400. The predicted molar refractivity (Wildman–Crippen MR) is 166 cm³/mol. The molecule has 3 aromatic carbocycles. The molecule has 0 saturated carbocycles. The molecule has 0 aromatic heterocycles. The maximum absolute atomic E-state index is 13.9. The number of ether oxygens (including phenoxy) is 4. The van der Waals surface area contributed by atoms with Gasteiger partial charge in [-0.3, -0.25) is 4.79 Å². The number of hydrogen-bond donors (Lipinski definition) is 1. The number of carbonyl (C=O) groups is 2. The van der Waals surface area contributed by atoms with E-state index in [-0.39, 0.29) is 24.5 Å². The molecule has 43 heavy (non-hydrogen) atoms. The van der Waals surface area contributed by atoms with E-state index in [0.717, 1.165) is 34.6 Å². The van der Waals surface area contributed by atoms with E-state index in [9.17, 15) is 9.59 Å². The zero-order chi connectivity index (χ0) is 30.8. The first kappa shape index (κ1) is 31.4. The third-order valence-electron chi connectivity index (χ3n) is 6.67. The van der Waals surface area contributed by atoms with Crippen LogP contribution in [0.4, 0.5) is 4.79 Å². The van der Waals surface area contributed by atoms with E-state index < -0.39 is 12.1 Å². The van der Waals surface area contributed by atoms with Gasteiger partial charge in [-0.05, 0) is 82.0 Å². The van der Waals surface area contributed by atoms with E-state index in [2.05, 4.69) is 5.32 Å². The van der Waals surface area contributed by atoms with Gasteiger partial charge in [0, 0.05) is 18.5 Å². The predicted octanol–water partition coefficient (Wildman–Crippen LogP) is 6.14. The van der Waals surface area contributed by atoms with Gasteiger partial charge in [-0.25, -0.2) is 9.80 Å². The van der Waals surface area contributed by atoms with Gasteiger partial charge in [-0.1, -0.05) is 42.5 Å². The second-order valence-corrected chi connectivity index (χ2v) is 11.2. The monoisotopic (exact) mass is 587 g/mol. The second kappa shape index (κ2) is 14.6. The summed E-state index contributed by atoms with van der Waals surface area (Å²) in [4.78, 5) is 26.8. The lowest BCUT2D eigenvalue weighted by molar-refractivity contribution is -0.133. The molecule has 0 spiro atoms. The van der Waals surface area contributed by atoms with Crippen LogP contribution < -0.4 is 19.5 Å². The number of nitrogens with zero attached hydrogens (tertiary/aromatic N) is 2. The quantitative estimate of drug-likeness (QED) is 0.290. The summed E-state index contributed by atoms with van der Waals surface area (Å²) in [6, 6.07) is 21.7. The first-order valence-electron chi connectivity index (χ1n) is 14.6. The molecule has 1 aliphatic heterocycles. The summed E-state index contributed by atoms with van der Waals surface area (Å²) in [6.45, 7) is 8.89. The normalized spacial score (nSPS) is 13.9. The highest BCUT2D eigenvalue weighted by Gasteiger charge is 2.29. The average molecular weight is 588 g/mol. The Balaban J connectivity index is 1.54. The minimum atomic E-state index is -0.893. The number of amides is 2. The van der Waals surface area contributed by atoms with Crippen molar-refractivity contribution >= 4 is 17.7 Å². The van der Waals surface area contributed by atoms with Crippen molar-refractivity contribution in [3.05, 3.63) is 89.5 Å². The fourth-order valence-electron chi connectivity index (χ4n) is 4.70. The lowest BCUT2D eigenvalue weighted by Crippen LogP contribution is -2.49. The van der Waals surface area contributed by atoms with Crippen LogP contribution in [-0.2, 0) is 22.6 Å². The highest BCUT2D eigenvalue weighted by Crippen LogP contribution is 2.30. The van der Waals surface area contributed by atoms with Crippen LogP contribution in [0.1, 0.15) is 57.2 Å². The average Bonchev–Trinajstić information content (AvgIpc) is 3.00. The van der Waals surface area contributed by atoms with Gasteiger partial charge in [0.05, 0.1) is 19.4 Å². The van der Waals surface area contributed by atoms with Crippen molar-refractivity contribution in [1.82, 2.24) is 10.3 Å². The topological polar surface area (TPSA) is 98.7 Å². The lowest BCUT2D eigenvalue weighted by atomic mass is 10.0. The first-order valence-corrected chi connectivity index (χ1v) is 14.6. The van der Waals surface area contributed by atoms with Crippen LogP contribution in [0.25, 0.3) is 0 Å². The molecule has 2 amide bonds. The molecule has 9 heteroatoms. The van der Waals surface area contributed by atoms with E-state index in [1.165, 1.54) is 5.01 Å². The van der Waals surface area contributed by atoms with E-state index >= 15 is 0 Å². The molecule has 0 fully saturated rings. The molecular formula is C34H41N3O6. The molecule has 0 unspecified atom stereocenters. The zero-order valence-corrected chi connectivity index (χ0v) is 25.6. The Kier molecular flexibility index (Phi) is 10.6. The summed E-state index contributed by atoms with van der Waals surface area (Å²) in [6.07, 6.45) is 1.01. The van der Waals surface area contributed by atoms with Crippen LogP contribution in [0.2, 0.25) is 0 Å². The van der Waals surface area contributed by atoms with Gasteiger partial charge >= 0.3 is 6.09 Å². The van der Waals surface area contributed by atoms with Crippen LogP contribution >= 0.6 is 0 Å². The molecule has 0 bridgehead atoms. The molecule has 1 aliphatic rings. The summed E-state index contributed by atoms with van der Waals surface area (Å²) in [5, 5.41) is 8.96. The standard InChI is InChI=1S/C34H41N3O6/c1-6-41-31-22-26(16-19-30(31)40-5)28-13-10-20-37(36-28)32(38)29(35-33(39)42-23-25-11-8-7-9-12-25)21-24-14-17-27(18-15-24)43-34(2,3)4/h7-9,11-12,14-19,22,29H,6,10,13,20-21,23H2,1-5H3,(H,35,39)/t29-/m0/s1. The van der Waals surface area contributed by atoms with Crippen LogP contribution in [0.15, 0.2) is 77.9 Å². The number of hydrazone groups is 1. The second-order valence-electron chi connectivity index (χ2n) is 11.2. The smallest absolute Gasteiger partial charge is 0.408 e. The highest BCUT2D eigenvalue weighted by molar-refractivity contribution is 6.02. The van der Waals surface area contributed by atoms with Crippen molar-refractivity contribution in [2.45, 2.75) is 65.2 Å². The van der Waals surface area contributed by atoms with Crippen LogP contribution in [-0.4, -0.2) is 54.6 Å². The van der Waals surface area contributed by atoms with Crippen molar-refractivity contribution in [3.8, 4) is 17.2 Å². The van der Waals surface area contributed by atoms with Gasteiger partial charge in [0.2, 0.25) is 0 Å². The molecular weight excluding hydrogens is 546 g/mol. The fraction of sp³-hybridized carbons (Fsp3) is 0.382. The number of methoxy groups -OCH3 is 1. The molecule has 4 rings (SSSR count). The van der Waals surface area contributed by atoms with Gasteiger partial charge in [0.1, 0.15) is 24.0 Å². The van der Waals surface area contributed by atoms with Crippen molar-refractivity contribution in [1.29, 1.82) is 0 Å². The van der Waals surface area contributed by atoms with Gasteiger partial charge < -0.3 is 24.3 Å². The molecule has 1 atom stereocenters. The minimum absolute atomic E-state index is 0.0953. The van der Waals surface area contributed by atoms with E-state index in [1.807, 2.05) is 100 Å². The number of alkyl carbamates (subject to hydrolysis) is 1. The Morgan fingerprint density at radius 2 is 1.72 bits per heavy atom. The lowest BCUT2D eigenvalue weighted by Gasteiger charge is -2.28. The van der Waals surface area contributed by atoms with Gasteiger partial charge in [-0.15, -0.1) is 0 Å². The third kappa shape index (κ3) is 9.23. The number of rotatable bonds is 11. The maximum atomic E-state index is 13.9. The largest absolute Gasteiger partial charge is 0.493 e. The molecule has 1 N–H and O–H groups in total. The maximum Gasteiger partial charge on any atom is 0.408 e. The van der Waals surface area contributed by atoms with Crippen molar-refractivity contribution < 1.29 is 28.5 Å². The van der Waals surface area contributed by atoms with Crippen molar-refractivity contribution in [2.75, 3.05) is 20.3 Å². The molecule has 0 saturated heterocycles. The third-order valence-corrected chi connectivity index (χ3v) is 6.67. The molecule has 3 aromatic rings. The van der Waals surface area contributed by atoms with Crippen molar-refractivity contribution in [3.63, 3.8) is 0 Å². The van der Waals surface area contributed by atoms with Gasteiger partial charge in [0.15, 0.2) is 11.5 Å². The van der Waals surface area contributed by atoms with Crippen molar-refractivity contribution in [2.24, 2.45) is 5.10 Å². The Morgan fingerprint density at radius 3 is 2.40 bits per heavy atom. The number of carbonyl (C=O) groups excluding carboxylic acids is 2. The molecule has 1 heterocycles. The molecule has 0 aliphatic carbocycles. The minimum Gasteiger partial charge on any atom is -0.493 e. The number of nitrogens with one attached hydrogen (secondary N) is 1. The van der Waals surface area contributed by atoms with Gasteiger partial charge in [0.25, 0.3) is 5.91 Å². The Morgan fingerprint density at radius 1 is 0.977 bits per heavy atom. The molecule has 9 nitrogen and oxygen atoms in total. The van der Waals surface area contributed by atoms with Gasteiger partial charge in [-0.2, -0.15) is 5.10 Å². The van der Waals surface area contributed by atoms with E-state index in [1.54, 1.807) is 7.11 Å².